The second-order valence-electron chi connectivity index (χ2n) is 7.98. The van der Waals surface area contributed by atoms with Crippen LogP contribution in [0.4, 0.5) is 11.6 Å². The summed E-state index contributed by atoms with van der Waals surface area (Å²) in [5.41, 5.74) is 3.92. The van der Waals surface area contributed by atoms with Crippen molar-refractivity contribution in [2.45, 2.75) is 19.8 Å². The van der Waals surface area contributed by atoms with Crippen molar-refractivity contribution in [1.82, 2.24) is 9.97 Å². The van der Waals surface area contributed by atoms with Crippen molar-refractivity contribution in [1.29, 1.82) is 0 Å². The number of piperidine rings is 1. The highest BCUT2D eigenvalue weighted by atomic mass is 16.5. The fraction of sp³-hybridized carbons (Fsp3) is 0.320. The molecular formula is C25H28N4O3. The van der Waals surface area contributed by atoms with Crippen LogP contribution in [0.2, 0.25) is 0 Å². The van der Waals surface area contributed by atoms with Gasteiger partial charge in [0.1, 0.15) is 11.5 Å². The summed E-state index contributed by atoms with van der Waals surface area (Å²) in [5.74, 6) is 1.71. The molecule has 0 radical (unpaired) electrons. The van der Waals surface area contributed by atoms with Gasteiger partial charge in [0.15, 0.2) is 0 Å². The largest absolute Gasteiger partial charge is 0.497 e. The molecule has 1 atom stereocenters. The predicted octanol–water partition coefficient (Wildman–Crippen LogP) is 4.32. The van der Waals surface area contributed by atoms with E-state index < -0.39 is 0 Å². The number of aryl methyl sites for hydroxylation is 1. The summed E-state index contributed by atoms with van der Waals surface area (Å²) in [6, 6.07) is 13.7. The minimum atomic E-state index is -0.157. The van der Waals surface area contributed by atoms with Crippen molar-refractivity contribution in [2.75, 3.05) is 37.5 Å². The molecule has 1 unspecified atom stereocenters. The molecule has 2 heterocycles. The quantitative estimate of drug-likeness (QED) is 0.625. The minimum absolute atomic E-state index is 0.0329. The van der Waals surface area contributed by atoms with E-state index in [2.05, 4.69) is 51.4 Å². The molecule has 166 valence electrons. The maximum atomic E-state index is 13.0. The topological polar surface area (TPSA) is 76.6 Å². The van der Waals surface area contributed by atoms with Crippen LogP contribution in [0, 0.1) is 12.8 Å². The predicted molar refractivity (Wildman–Crippen MR) is 125 cm³/mol. The third-order valence-electron chi connectivity index (χ3n) is 5.76. The summed E-state index contributed by atoms with van der Waals surface area (Å²) in [6.45, 7) is 3.48. The van der Waals surface area contributed by atoms with Gasteiger partial charge in [-0.3, -0.25) is 4.79 Å². The maximum Gasteiger partial charge on any atom is 0.229 e. The van der Waals surface area contributed by atoms with Gasteiger partial charge < -0.3 is 19.7 Å². The fourth-order valence-corrected chi connectivity index (χ4v) is 3.89. The number of carbonyl (C=O) groups excluding carboxylic acids is 1. The van der Waals surface area contributed by atoms with Gasteiger partial charge in [-0.25, -0.2) is 9.97 Å². The standard InChI is InChI=1S/C25H28N4O3/c1-17-6-8-18(9-7-17)20-14-26-25(27-15-20)29-12-4-5-19(16-29)24(30)28-22-11-10-21(31-2)13-23(22)32-3/h6-11,13-15,19H,4-5,12,16H2,1-3H3,(H,28,30). The van der Waals surface area contributed by atoms with E-state index in [1.54, 1.807) is 32.4 Å². The lowest BCUT2D eigenvalue weighted by Gasteiger charge is -2.32. The third-order valence-corrected chi connectivity index (χ3v) is 5.76. The van der Waals surface area contributed by atoms with Gasteiger partial charge in [0.05, 0.1) is 25.8 Å². The SMILES string of the molecule is COc1ccc(NC(=O)C2CCCN(c3ncc(-c4ccc(C)cc4)cn3)C2)c(OC)c1. The highest BCUT2D eigenvalue weighted by Crippen LogP contribution is 2.30. The van der Waals surface area contributed by atoms with Crippen LogP contribution in [0.1, 0.15) is 18.4 Å². The average Bonchev–Trinajstić information content (AvgIpc) is 2.85. The van der Waals surface area contributed by atoms with Crippen LogP contribution in [0.5, 0.6) is 11.5 Å². The van der Waals surface area contributed by atoms with Crippen LogP contribution < -0.4 is 19.7 Å². The molecule has 0 spiro atoms. The third kappa shape index (κ3) is 4.82. The normalized spacial score (nSPS) is 15.8. The summed E-state index contributed by atoms with van der Waals surface area (Å²) < 4.78 is 10.6. The van der Waals surface area contributed by atoms with Gasteiger partial charge in [0.2, 0.25) is 11.9 Å². The lowest BCUT2D eigenvalue weighted by Crippen LogP contribution is -2.41. The molecule has 0 bridgehead atoms. The Kier molecular flexibility index (Phi) is 6.54. The van der Waals surface area contributed by atoms with Crippen LogP contribution >= 0.6 is 0 Å². The molecule has 1 saturated heterocycles. The maximum absolute atomic E-state index is 13.0. The van der Waals surface area contributed by atoms with Crippen molar-refractivity contribution in [2.24, 2.45) is 5.92 Å². The number of rotatable bonds is 6. The Labute approximate surface area is 188 Å². The van der Waals surface area contributed by atoms with E-state index in [1.165, 1.54) is 5.56 Å². The van der Waals surface area contributed by atoms with Crippen molar-refractivity contribution >= 4 is 17.5 Å². The van der Waals surface area contributed by atoms with E-state index in [9.17, 15) is 4.79 Å². The van der Waals surface area contributed by atoms with Gasteiger partial charge in [0.25, 0.3) is 0 Å². The molecule has 1 amide bonds. The number of carbonyl (C=O) groups is 1. The van der Waals surface area contributed by atoms with Crippen LogP contribution in [0.25, 0.3) is 11.1 Å². The molecule has 1 N–H and O–H groups in total. The Morgan fingerprint density at radius 1 is 1.03 bits per heavy atom. The van der Waals surface area contributed by atoms with Crippen molar-refractivity contribution in [3.8, 4) is 22.6 Å². The Morgan fingerprint density at radius 2 is 1.78 bits per heavy atom. The van der Waals surface area contributed by atoms with Gasteiger partial charge in [-0.05, 0) is 37.5 Å². The molecular weight excluding hydrogens is 404 g/mol. The number of hydrogen-bond acceptors (Lipinski definition) is 6. The minimum Gasteiger partial charge on any atom is -0.497 e. The second-order valence-corrected chi connectivity index (χ2v) is 7.98. The Hall–Kier alpha value is -3.61. The van der Waals surface area contributed by atoms with Crippen molar-refractivity contribution in [3.05, 3.63) is 60.4 Å². The molecule has 0 aliphatic carbocycles. The molecule has 1 aliphatic rings. The number of benzene rings is 2. The number of anilines is 2. The zero-order valence-corrected chi connectivity index (χ0v) is 18.7. The second kappa shape index (κ2) is 9.68. The van der Waals surface area contributed by atoms with Crippen LogP contribution in [0.3, 0.4) is 0 Å². The number of nitrogens with zero attached hydrogens (tertiary/aromatic N) is 3. The molecule has 7 heteroatoms. The first kappa shape index (κ1) is 21.6. The van der Waals surface area contributed by atoms with Crippen LogP contribution in [-0.4, -0.2) is 43.2 Å². The lowest BCUT2D eigenvalue weighted by molar-refractivity contribution is -0.120. The zero-order valence-electron chi connectivity index (χ0n) is 18.7. The smallest absolute Gasteiger partial charge is 0.229 e. The van der Waals surface area contributed by atoms with E-state index >= 15 is 0 Å². The molecule has 2 aromatic carbocycles. The fourth-order valence-electron chi connectivity index (χ4n) is 3.89. The molecule has 32 heavy (non-hydrogen) atoms. The summed E-state index contributed by atoms with van der Waals surface area (Å²) in [6.07, 6.45) is 5.42. The van der Waals surface area contributed by atoms with Crippen molar-refractivity contribution in [3.63, 3.8) is 0 Å². The molecule has 1 fully saturated rings. The van der Waals surface area contributed by atoms with E-state index in [1.807, 2.05) is 12.4 Å². The number of nitrogens with one attached hydrogen (secondary N) is 1. The number of aromatic nitrogens is 2. The number of ether oxygens (including phenoxy) is 2. The first-order valence-electron chi connectivity index (χ1n) is 10.7. The first-order chi connectivity index (χ1) is 15.6. The molecule has 3 aromatic rings. The number of hydrogen-bond donors (Lipinski definition) is 1. The molecule has 1 aromatic heterocycles. The average molecular weight is 433 g/mol. The highest BCUT2D eigenvalue weighted by molar-refractivity contribution is 5.94. The Bertz CT molecular complexity index is 1070. The van der Waals surface area contributed by atoms with Gasteiger partial charge in [-0.15, -0.1) is 0 Å². The van der Waals surface area contributed by atoms with Crippen molar-refractivity contribution < 1.29 is 14.3 Å². The number of methoxy groups -OCH3 is 2. The lowest BCUT2D eigenvalue weighted by atomic mass is 9.97. The first-order valence-corrected chi connectivity index (χ1v) is 10.7. The van der Waals surface area contributed by atoms with E-state index in [4.69, 9.17) is 9.47 Å². The zero-order chi connectivity index (χ0) is 22.5. The summed E-state index contributed by atoms with van der Waals surface area (Å²) in [4.78, 5) is 24.2. The number of amides is 1. The molecule has 1 aliphatic heterocycles. The summed E-state index contributed by atoms with van der Waals surface area (Å²) in [7, 11) is 3.17. The Balaban J connectivity index is 1.43. The van der Waals surface area contributed by atoms with Crippen LogP contribution in [0.15, 0.2) is 54.9 Å². The van der Waals surface area contributed by atoms with Crippen LogP contribution in [-0.2, 0) is 4.79 Å². The van der Waals surface area contributed by atoms with Gasteiger partial charge in [0, 0.05) is 37.1 Å². The highest BCUT2D eigenvalue weighted by Gasteiger charge is 2.27. The molecule has 4 rings (SSSR count). The van der Waals surface area contributed by atoms with Gasteiger partial charge >= 0.3 is 0 Å². The van der Waals surface area contributed by atoms with E-state index in [0.717, 1.165) is 30.5 Å². The molecule has 0 saturated carbocycles. The molecule has 7 nitrogen and oxygen atoms in total. The van der Waals surface area contributed by atoms with E-state index in [0.29, 0.717) is 29.7 Å². The summed E-state index contributed by atoms with van der Waals surface area (Å²) in [5, 5.41) is 3.00. The van der Waals surface area contributed by atoms with Gasteiger partial charge in [-0.2, -0.15) is 0 Å². The van der Waals surface area contributed by atoms with E-state index in [-0.39, 0.29) is 11.8 Å². The summed E-state index contributed by atoms with van der Waals surface area (Å²) >= 11 is 0. The van der Waals surface area contributed by atoms with Gasteiger partial charge in [-0.1, -0.05) is 29.8 Å². The monoisotopic (exact) mass is 432 g/mol. The Morgan fingerprint density at radius 3 is 2.47 bits per heavy atom.